The maximum atomic E-state index is 3.52. The quantitative estimate of drug-likeness (QED) is 0.806. The molecule has 3 heteroatoms. The van der Waals surface area contributed by atoms with Crippen molar-refractivity contribution in [3.63, 3.8) is 0 Å². The molecule has 1 N–H and O–H groups in total. The first kappa shape index (κ1) is 14.3. The normalized spacial score (nSPS) is 36.8. The number of rotatable bonds is 2. The smallest absolute Gasteiger partial charge is 0.0167 e. The molecule has 0 aromatic rings. The van der Waals surface area contributed by atoms with Crippen molar-refractivity contribution in [2.75, 3.05) is 26.2 Å². The largest absolute Gasteiger partial charge is 0.312 e. The Morgan fingerprint density at radius 3 is 2.75 bits per heavy atom. The minimum Gasteiger partial charge on any atom is -0.312 e. The number of piperazine rings is 1. The standard InChI is InChI=1S/C13H26N2.ClH/c1-11-4-3-5-13(8-11)10-15-7-6-14-12(2)9-15;/h11-14H,3-10H2,1-2H3;1H/t11?,12-,13?;/m1./s1. The molecule has 3 atom stereocenters. The van der Waals surface area contributed by atoms with E-state index >= 15 is 0 Å². The molecule has 1 aliphatic heterocycles. The number of hydrogen-bond acceptors (Lipinski definition) is 2. The van der Waals surface area contributed by atoms with E-state index in [9.17, 15) is 0 Å². The Morgan fingerprint density at radius 2 is 2.06 bits per heavy atom. The van der Waals surface area contributed by atoms with E-state index in [2.05, 4.69) is 24.1 Å². The molecule has 16 heavy (non-hydrogen) atoms. The first-order valence-electron chi connectivity index (χ1n) is 6.70. The molecule has 1 saturated heterocycles. The summed E-state index contributed by atoms with van der Waals surface area (Å²) in [5, 5.41) is 3.52. The van der Waals surface area contributed by atoms with Crippen molar-refractivity contribution >= 4 is 12.4 Å². The van der Waals surface area contributed by atoms with Crippen molar-refractivity contribution < 1.29 is 0 Å². The first-order chi connectivity index (χ1) is 7.24. The summed E-state index contributed by atoms with van der Waals surface area (Å²) in [7, 11) is 0. The van der Waals surface area contributed by atoms with Crippen molar-refractivity contribution in [2.45, 2.75) is 45.6 Å². The van der Waals surface area contributed by atoms with Crippen LogP contribution in [0, 0.1) is 11.8 Å². The van der Waals surface area contributed by atoms with Gasteiger partial charge in [-0.05, 0) is 31.6 Å². The molecule has 0 radical (unpaired) electrons. The second-order valence-corrected chi connectivity index (χ2v) is 5.75. The van der Waals surface area contributed by atoms with Crippen LogP contribution in [-0.4, -0.2) is 37.1 Å². The summed E-state index contributed by atoms with van der Waals surface area (Å²) in [5.74, 6) is 1.96. The van der Waals surface area contributed by atoms with Crippen molar-refractivity contribution in [3.8, 4) is 0 Å². The summed E-state index contributed by atoms with van der Waals surface area (Å²) in [6, 6.07) is 0.694. The molecular weight excluding hydrogens is 220 g/mol. The van der Waals surface area contributed by atoms with E-state index < -0.39 is 0 Å². The van der Waals surface area contributed by atoms with E-state index in [1.165, 1.54) is 51.9 Å². The SMILES string of the molecule is CC1CCCC(CN2CCN[C@H](C)C2)C1.Cl. The van der Waals surface area contributed by atoms with Gasteiger partial charge in [-0.2, -0.15) is 0 Å². The average molecular weight is 247 g/mol. The highest BCUT2D eigenvalue weighted by Crippen LogP contribution is 2.29. The molecule has 0 amide bonds. The van der Waals surface area contributed by atoms with Crippen molar-refractivity contribution in [3.05, 3.63) is 0 Å². The Morgan fingerprint density at radius 1 is 1.25 bits per heavy atom. The highest BCUT2D eigenvalue weighted by atomic mass is 35.5. The van der Waals surface area contributed by atoms with Crippen LogP contribution < -0.4 is 5.32 Å². The van der Waals surface area contributed by atoms with E-state index in [-0.39, 0.29) is 12.4 Å². The Kier molecular flexibility index (Phi) is 6.09. The van der Waals surface area contributed by atoms with Gasteiger partial charge < -0.3 is 10.2 Å². The second-order valence-electron chi connectivity index (χ2n) is 5.75. The maximum Gasteiger partial charge on any atom is 0.0167 e. The molecule has 2 aliphatic rings. The molecule has 1 saturated carbocycles. The molecular formula is C13H27ClN2. The topological polar surface area (TPSA) is 15.3 Å². The summed E-state index contributed by atoms with van der Waals surface area (Å²) in [6.07, 6.45) is 5.88. The molecule has 0 aromatic heterocycles. The monoisotopic (exact) mass is 246 g/mol. The van der Waals surface area contributed by atoms with Gasteiger partial charge in [0.15, 0.2) is 0 Å². The Labute approximate surface area is 107 Å². The van der Waals surface area contributed by atoms with Crippen LogP contribution in [0.15, 0.2) is 0 Å². The summed E-state index contributed by atoms with van der Waals surface area (Å²) in [5.41, 5.74) is 0. The molecule has 2 unspecified atom stereocenters. The van der Waals surface area contributed by atoms with E-state index in [1.54, 1.807) is 0 Å². The van der Waals surface area contributed by atoms with E-state index in [0.29, 0.717) is 6.04 Å². The highest BCUT2D eigenvalue weighted by molar-refractivity contribution is 5.85. The van der Waals surface area contributed by atoms with Gasteiger partial charge in [-0.3, -0.25) is 0 Å². The zero-order valence-electron chi connectivity index (χ0n) is 10.7. The fraction of sp³-hybridized carbons (Fsp3) is 1.00. The minimum atomic E-state index is 0. The number of halogens is 1. The van der Waals surface area contributed by atoms with Gasteiger partial charge in [0.2, 0.25) is 0 Å². The fourth-order valence-corrected chi connectivity index (χ4v) is 3.27. The molecule has 1 heterocycles. The minimum absolute atomic E-state index is 0. The second kappa shape index (κ2) is 6.83. The Balaban J connectivity index is 0.00000128. The Hall–Kier alpha value is 0.210. The molecule has 0 spiro atoms. The lowest BCUT2D eigenvalue weighted by atomic mass is 9.82. The van der Waals surface area contributed by atoms with Crippen LogP contribution in [0.2, 0.25) is 0 Å². The van der Waals surface area contributed by atoms with Crippen LogP contribution in [0.5, 0.6) is 0 Å². The van der Waals surface area contributed by atoms with Gasteiger partial charge in [-0.25, -0.2) is 0 Å². The van der Waals surface area contributed by atoms with Crippen LogP contribution in [0.25, 0.3) is 0 Å². The predicted molar refractivity (Wildman–Crippen MR) is 72.3 cm³/mol. The lowest BCUT2D eigenvalue weighted by Gasteiger charge is -2.36. The van der Waals surface area contributed by atoms with Gasteiger partial charge in [-0.15, -0.1) is 12.4 Å². The molecule has 1 aliphatic carbocycles. The number of nitrogens with zero attached hydrogens (tertiary/aromatic N) is 1. The predicted octanol–water partition coefficient (Wildman–Crippen LogP) is 2.53. The molecule has 2 rings (SSSR count). The zero-order chi connectivity index (χ0) is 10.7. The van der Waals surface area contributed by atoms with Crippen LogP contribution in [-0.2, 0) is 0 Å². The first-order valence-corrected chi connectivity index (χ1v) is 6.70. The summed E-state index contributed by atoms with van der Waals surface area (Å²) >= 11 is 0. The van der Waals surface area contributed by atoms with Crippen LogP contribution in [0.1, 0.15) is 39.5 Å². The molecule has 0 aromatic carbocycles. The van der Waals surface area contributed by atoms with Crippen LogP contribution >= 0.6 is 12.4 Å². The third-order valence-corrected chi connectivity index (χ3v) is 4.01. The molecule has 0 bridgehead atoms. The lowest BCUT2D eigenvalue weighted by molar-refractivity contribution is 0.148. The number of nitrogens with one attached hydrogen (secondary N) is 1. The molecule has 2 fully saturated rings. The van der Waals surface area contributed by atoms with Crippen LogP contribution in [0.3, 0.4) is 0 Å². The summed E-state index contributed by atoms with van der Waals surface area (Å²) < 4.78 is 0. The van der Waals surface area contributed by atoms with Gasteiger partial charge >= 0.3 is 0 Å². The molecule has 2 nitrogen and oxygen atoms in total. The van der Waals surface area contributed by atoms with Crippen molar-refractivity contribution in [1.29, 1.82) is 0 Å². The van der Waals surface area contributed by atoms with Gasteiger partial charge in [0.05, 0.1) is 0 Å². The van der Waals surface area contributed by atoms with Gasteiger partial charge in [0, 0.05) is 32.2 Å². The van der Waals surface area contributed by atoms with E-state index in [1.807, 2.05) is 0 Å². The lowest BCUT2D eigenvalue weighted by Crippen LogP contribution is -2.50. The summed E-state index contributed by atoms with van der Waals surface area (Å²) in [4.78, 5) is 2.67. The third kappa shape index (κ3) is 4.23. The van der Waals surface area contributed by atoms with Crippen molar-refractivity contribution in [2.24, 2.45) is 11.8 Å². The fourth-order valence-electron chi connectivity index (χ4n) is 3.27. The maximum absolute atomic E-state index is 3.52. The summed E-state index contributed by atoms with van der Waals surface area (Å²) in [6.45, 7) is 9.78. The van der Waals surface area contributed by atoms with Gasteiger partial charge in [0.1, 0.15) is 0 Å². The third-order valence-electron chi connectivity index (χ3n) is 4.01. The Bertz CT molecular complexity index is 178. The zero-order valence-corrected chi connectivity index (χ0v) is 11.6. The van der Waals surface area contributed by atoms with Crippen LogP contribution in [0.4, 0.5) is 0 Å². The average Bonchev–Trinajstić information content (AvgIpc) is 2.17. The number of hydrogen-bond donors (Lipinski definition) is 1. The van der Waals surface area contributed by atoms with E-state index in [0.717, 1.165) is 11.8 Å². The van der Waals surface area contributed by atoms with E-state index in [4.69, 9.17) is 0 Å². The highest BCUT2D eigenvalue weighted by Gasteiger charge is 2.23. The molecule has 96 valence electrons. The van der Waals surface area contributed by atoms with Gasteiger partial charge in [-0.1, -0.05) is 19.8 Å². The van der Waals surface area contributed by atoms with Crippen molar-refractivity contribution in [1.82, 2.24) is 10.2 Å². The van der Waals surface area contributed by atoms with Gasteiger partial charge in [0.25, 0.3) is 0 Å².